The molecule has 0 radical (unpaired) electrons. The van der Waals surface area contributed by atoms with Crippen LogP contribution in [0.3, 0.4) is 0 Å². The van der Waals surface area contributed by atoms with Gasteiger partial charge < -0.3 is 23.5 Å². The molecule has 0 aliphatic carbocycles. The third kappa shape index (κ3) is 4.84. The predicted octanol–water partition coefficient (Wildman–Crippen LogP) is 3.73. The van der Waals surface area contributed by atoms with Crippen molar-refractivity contribution < 1.29 is 28.5 Å². The maximum Gasteiger partial charge on any atom is 0.338 e. The lowest BCUT2D eigenvalue weighted by molar-refractivity contribution is 0.0474. The molecule has 0 N–H and O–H groups in total. The highest BCUT2D eigenvalue weighted by Gasteiger charge is 2.22. The Morgan fingerprint density at radius 2 is 2.00 bits per heavy atom. The van der Waals surface area contributed by atoms with Crippen molar-refractivity contribution in [2.24, 2.45) is 0 Å². The zero-order valence-corrected chi connectivity index (χ0v) is 18.0. The minimum atomic E-state index is -0.583. The molecule has 0 spiro atoms. The average Bonchev–Trinajstić information content (AvgIpc) is 3.35. The zero-order valence-electron chi connectivity index (χ0n) is 18.0. The molecule has 1 saturated heterocycles. The third-order valence-corrected chi connectivity index (χ3v) is 5.32. The van der Waals surface area contributed by atoms with E-state index < -0.39 is 5.97 Å². The monoisotopic (exact) mass is 415 g/mol. The van der Waals surface area contributed by atoms with Crippen molar-refractivity contribution in [2.45, 2.75) is 46.3 Å². The summed E-state index contributed by atoms with van der Waals surface area (Å²) < 4.78 is 23.8. The minimum Gasteiger partial charge on any atom is -0.493 e. The first-order valence-corrected chi connectivity index (χ1v) is 10.2. The van der Waals surface area contributed by atoms with Crippen LogP contribution in [0.4, 0.5) is 0 Å². The van der Waals surface area contributed by atoms with Crippen molar-refractivity contribution in [3.8, 4) is 11.5 Å². The Hall–Kier alpha value is -2.80. The van der Waals surface area contributed by atoms with Crippen molar-refractivity contribution in [1.82, 2.24) is 4.57 Å². The summed E-state index contributed by atoms with van der Waals surface area (Å²) in [5.74, 6) is 0.176. The van der Waals surface area contributed by atoms with Gasteiger partial charge in [-0.25, -0.2) is 4.79 Å². The van der Waals surface area contributed by atoms with Gasteiger partial charge in [0.25, 0.3) is 0 Å². The Morgan fingerprint density at radius 1 is 1.20 bits per heavy atom. The average molecular weight is 415 g/mol. The van der Waals surface area contributed by atoms with Crippen LogP contribution in [0.2, 0.25) is 0 Å². The Labute approximate surface area is 176 Å². The second-order valence-electron chi connectivity index (χ2n) is 7.33. The summed E-state index contributed by atoms with van der Waals surface area (Å²) >= 11 is 0. The summed E-state index contributed by atoms with van der Waals surface area (Å²) in [4.78, 5) is 25.1. The van der Waals surface area contributed by atoms with Gasteiger partial charge in [0, 0.05) is 30.1 Å². The van der Waals surface area contributed by atoms with E-state index in [1.807, 2.05) is 26.8 Å². The molecule has 162 valence electrons. The van der Waals surface area contributed by atoms with Gasteiger partial charge in [-0.05, 0) is 57.9 Å². The molecule has 1 aliphatic rings. The number of hydrogen-bond donors (Lipinski definition) is 0. The number of hydrogen-bond acceptors (Lipinski definition) is 6. The first-order chi connectivity index (χ1) is 14.4. The highest BCUT2D eigenvalue weighted by Crippen LogP contribution is 2.28. The van der Waals surface area contributed by atoms with Crippen LogP contribution in [0.1, 0.15) is 51.9 Å². The van der Waals surface area contributed by atoms with Crippen LogP contribution in [0, 0.1) is 13.8 Å². The van der Waals surface area contributed by atoms with Gasteiger partial charge in [-0.2, -0.15) is 0 Å². The maximum atomic E-state index is 12.7. The van der Waals surface area contributed by atoms with E-state index in [0.29, 0.717) is 29.2 Å². The molecule has 0 bridgehead atoms. The van der Waals surface area contributed by atoms with Crippen molar-refractivity contribution in [2.75, 3.05) is 26.9 Å². The van der Waals surface area contributed by atoms with E-state index in [-0.39, 0.29) is 18.5 Å². The van der Waals surface area contributed by atoms with Crippen molar-refractivity contribution in [1.29, 1.82) is 0 Å². The number of nitrogens with zero attached hydrogens (tertiary/aromatic N) is 1. The normalized spacial score (nSPS) is 15.8. The highest BCUT2D eigenvalue weighted by atomic mass is 16.5. The molecule has 7 heteroatoms. The predicted molar refractivity (Wildman–Crippen MR) is 112 cm³/mol. The van der Waals surface area contributed by atoms with Crippen LogP contribution in [-0.4, -0.2) is 49.4 Å². The number of ether oxygens (including phenoxy) is 4. The molecular weight excluding hydrogens is 386 g/mol. The molecule has 1 aromatic heterocycles. The first kappa shape index (κ1) is 21.9. The molecule has 30 heavy (non-hydrogen) atoms. The molecule has 0 amide bonds. The molecule has 1 aromatic carbocycles. The molecule has 0 saturated carbocycles. The standard InChI is InChI=1S/C23H29NO6/c1-5-28-22-12-17(8-9-21(22)27-4)23(26)30-14-20(25)19-11-15(2)24(16(19)3)13-18-7-6-10-29-18/h8-9,11-12,18H,5-7,10,13-14H2,1-4H3. The van der Waals surface area contributed by atoms with Crippen LogP contribution in [0.25, 0.3) is 0 Å². The molecule has 2 heterocycles. The van der Waals surface area contributed by atoms with Crippen LogP contribution < -0.4 is 9.47 Å². The number of carbonyl (C=O) groups is 2. The molecular formula is C23H29NO6. The smallest absolute Gasteiger partial charge is 0.338 e. The fraction of sp³-hybridized carbons (Fsp3) is 0.478. The van der Waals surface area contributed by atoms with Crippen LogP contribution >= 0.6 is 0 Å². The lowest BCUT2D eigenvalue weighted by atomic mass is 10.1. The van der Waals surface area contributed by atoms with Gasteiger partial charge in [0.2, 0.25) is 5.78 Å². The summed E-state index contributed by atoms with van der Waals surface area (Å²) in [7, 11) is 1.53. The number of esters is 1. The van der Waals surface area contributed by atoms with Crippen LogP contribution in [-0.2, 0) is 16.0 Å². The van der Waals surface area contributed by atoms with E-state index in [1.54, 1.807) is 18.2 Å². The van der Waals surface area contributed by atoms with Gasteiger partial charge in [-0.3, -0.25) is 4.79 Å². The number of carbonyl (C=O) groups excluding carboxylic acids is 2. The van der Waals surface area contributed by atoms with E-state index in [0.717, 1.165) is 37.4 Å². The van der Waals surface area contributed by atoms with E-state index >= 15 is 0 Å². The fourth-order valence-corrected chi connectivity index (χ4v) is 3.72. The van der Waals surface area contributed by atoms with Gasteiger partial charge in [-0.15, -0.1) is 0 Å². The minimum absolute atomic E-state index is 0.185. The topological polar surface area (TPSA) is 76.0 Å². The number of aryl methyl sites for hydroxylation is 1. The Morgan fingerprint density at radius 3 is 2.67 bits per heavy atom. The van der Waals surface area contributed by atoms with E-state index in [4.69, 9.17) is 18.9 Å². The Bertz CT molecular complexity index is 911. The van der Waals surface area contributed by atoms with Crippen molar-refractivity contribution in [3.63, 3.8) is 0 Å². The Balaban J connectivity index is 1.65. The summed E-state index contributed by atoms with van der Waals surface area (Å²) in [6.07, 6.45) is 2.29. The largest absolute Gasteiger partial charge is 0.493 e. The van der Waals surface area contributed by atoms with Gasteiger partial charge in [0.05, 0.1) is 25.4 Å². The number of aromatic nitrogens is 1. The molecule has 3 rings (SSSR count). The molecule has 1 unspecified atom stereocenters. The Kier molecular flexibility index (Phi) is 7.15. The first-order valence-electron chi connectivity index (χ1n) is 10.2. The van der Waals surface area contributed by atoms with Crippen molar-refractivity contribution in [3.05, 3.63) is 46.8 Å². The van der Waals surface area contributed by atoms with Gasteiger partial charge >= 0.3 is 5.97 Å². The van der Waals surface area contributed by atoms with Gasteiger partial charge in [-0.1, -0.05) is 0 Å². The lowest BCUT2D eigenvalue weighted by Gasteiger charge is -2.14. The van der Waals surface area contributed by atoms with Gasteiger partial charge in [0.1, 0.15) is 0 Å². The number of benzene rings is 1. The van der Waals surface area contributed by atoms with Gasteiger partial charge in [0.15, 0.2) is 18.1 Å². The van der Waals surface area contributed by atoms with E-state index in [1.165, 1.54) is 7.11 Å². The third-order valence-electron chi connectivity index (χ3n) is 5.32. The summed E-state index contributed by atoms with van der Waals surface area (Å²) in [6, 6.07) is 6.63. The highest BCUT2D eigenvalue weighted by molar-refractivity contribution is 6.00. The number of ketones is 1. The maximum absolute atomic E-state index is 12.7. The molecule has 2 aromatic rings. The summed E-state index contributed by atoms with van der Waals surface area (Å²) in [6.45, 7) is 7.37. The fourth-order valence-electron chi connectivity index (χ4n) is 3.72. The second kappa shape index (κ2) is 9.80. The number of Topliss-reactive ketones (excluding diaryl/α,β-unsaturated/α-hetero) is 1. The number of rotatable bonds is 9. The summed E-state index contributed by atoms with van der Waals surface area (Å²) in [5.41, 5.74) is 2.74. The molecule has 1 atom stereocenters. The van der Waals surface area contributed by atoms with Crippen LogP contribution in [0.15, 0.2) is 24.3 Å². The van der Waals surface area contributed by atoms with E-state index in [2.05, 4.69) is 4.57 Å². The number of methoxy groups -OCH3 is 1. The quantitative estimate of drug-likeness (QED) is 0.459. The van der Waals surface area contributed by atoms with Crippen LogP contribution in [0.5, 0.6) is 11.5 Å². The second-order valence-corrected chi connectivity index (χ2v) is 7.33. The SMILES string of the molecule is CCOc1cc(C(=O)OCC(=O)c2cc(C)n(CC3CCCO3)c2C)ccc1OC. The van der Waals surface area contributed by atoms with E-state index in [9.17, 15) is 9.59 Å². The van der Waals surface area contributed by atoms with Crippen molar-refractivity contribution >= 4 is 11.8 Å². The lowest BCUT2D eigenvalue weighted by Crippen LogP contribution is -2.18. The molecule has 1 aliphatic heterocycles. The molecule has 7 nitrogen and oxygen atoms in total. The molecule has 1 fully saturated rings. The zero-order chi connectivity index (χ0) is 21.7. The summed E-state index contributed by atoms with van der Waals surface area (Å²) in [5, 5.41) is 0.